The maximum Gasteiger partial charge on any atom is 0.123 e. The van der Waals surface area contributed by atoms with Gasteiger partial charge in [-0.15, -0.1) is 0 Å². The van der Waals surface area contributed by atoms with Crippen LogP contribution in [0.1, 0.15) is 50.4 Å². The largest absolute Gasteiger partial charge is 0.309 e. The molecule has 1 fully saturated rings. The van der Waals surface area contributed by atoms with Crippen molar-refractivity contribution in [3.8, 4) is 0 Å². The smallest absolute Gasteiger partial charge is 0.123 e. The summed E-state index contributed by atoms with van der Waals surface area (Å²) in [6.45, 7) is 8.54. The molecule has 1 saturated heterocycles. The maximum atomic E-state index is 13.2. The first kappa shape index (κ1) is 19.0. The number of hydrogen-bond acceptors (Lipinski definition) is 4. The zero-order valence-electron chi connectivity index (χ0n) is 15.8. The number of benzene rings is 1. The Morgan fingerprint density at radius 2 is 2.00 bits per heavy atom. The molecule has 3 unspecified atom stereocenters. The van der Waals surface area contributed by atoms with Crippen LogP contribution in [0.15, 0.2) is 48.8 Å². The number of nitrogens with one attached hydrogen (secondary N) is 3. The molecule has 0 amide bonds. The molecule has 2 heterocycles. The van der Waals surface area contributed by atoms with E-state index in [9.17, 15) is 4.39 Å². The first-order chi connectivity index (χ1) is 12.4. The number of aromatic nitrogens is 1. The predicted molar refractivity (Wildman–Crippen MR) is 103 cm³/mol. The van der Waals surface area contributed by atoms with Gasteiger partial charge < -0.3 is 5.32 Å². The summed E-state index contributed by atoms with van der Waals surface area (Å²) in [4.78, 5) is 4.29. The second-order valence-electron chi connectivity index (χ2n) is 8.33. The van der Waals surface area contributed by atoms with Gasteiger partial charge in [0, 0.05) is 37.4 Å². The lowest BCUT2D eigenvalue weighted by molar-refractivity contribution is 0.297. The average Bonchev–Trinajstić information content (AvgIpc) is 3.07. The van der Waals surface area contributed by atoms with Crippen molar-refractivity contribution in [1.29, 1.82) is 0 Å². The molecule has 3 N–H and O–H groups in total. The molecule has 1 aromatic carbocycles. The first-order valence-corrected chi connectivity index (χ1v) is 9.29. The van der Waals surface area contributed by atoms with Crippen molar-refractivity contribution in [2.45, 2.75) is 39.3 Å². The highest BCUT2D eigenvalue weighted by Gasteiger charge is 2.29. The molecule has 140 valence electrons. The summed E-state index contributed by atoms with van der Waals surface area (Å²) in [6.07, 6.45) is 4.80. The molecule has 1 aromatic heterocycles. The van der Waals surface area contributed by atoms with E-state index in [1.165, 1.54) is 17.7 Å². The van der Waals surface area contributed by atoms with Gasteiger partial charge in [-0.3, -0.25) is 10.4 Å². The number of hydrazine groups is 1. The third-order valence-electron chi connectivity index (χ3n) is 4.85. The maximum absolute atomic E-state index is 13.2. The molecule has 0 saturated carbocycles. The van der Waals surface area contributed by atoms with Gasteiger partial charge >= 0.3 is 0 Å². The predicted octanol–water partition coefficient (Wildman–Crippen LogP) is 3.75. The van der Waals surface area contributed by atoms with Crippen molar-refractivity contribution in [2.75, 3.05) is 13.1 Å². The fraction of sp³-hybridized carbons (Fsp3) is 0.476. The Bertz CT molecular complexity index is 681. The number of pyridine rings is 1. The Morgan fingerprint density at radius 1 is 1.23 bits per heavy atom. The van der Waals surface area contributed by atoms with Gasteiger partial charge in [-0.2, -0.15) is 0 Å². The monoisotopic (exact) mass is 356 g/mol. The quantitative estimate of drug-likeness (QED) is 0.738. The lowest BCUT2D eigenvalue weighted by atomic mass is 9.85. The lowest BCUT2D eigenvalue weighted by Crippen LogP contribution is -2.33. The topological polar surface area (TPSA) is 49.0 Å². The summed E-state index contributed by atoms with van der Waals surface area (Å²) in [5.74, 6) is 0.191. The third-order valence-corrected chi connectivity index (χ3v) is 4.85. The standard InChI is InChI=1S/C21H29FN4/c1-21(2,3)11-19(16-5-4-10-23-12-16)24-13-17-14-25-26-20(17)15-6-8-18(22)9-7-15/h4-10,12,17,19-20,24-26H,11,13-14H2,1-3H3. The van der Waals surface area contributed by atoms with Crippen LogP contribution >= 0.6 is 0 Å². The van der Waals surface area contributed by atoms with Gasteiger partial charge in [0.05, 0.1) is 6.04 Å². The van der Waals surface area contributed by atoms with E-state index in [4.69, 9.17) is 0 Å². The normalized spacial score (nSPS) is 21.7. The highest BCUT2D eigenvalue weighted by Crippen LogP contribution is 2.30. The van der Waals surface area contributed by atoms with Gasteiger partial charge in [0.2, 0.25) is 0 Å². The van der Waals surface area contributed by atoms with E-state index in [0.717, 1.165) is 25.1 Å². The zero-order chi connectivity index (χ0) is 18.6. The molecule has 4 nitrogen and oxygen atoms in total. The molecule has 1 aliphatic rings. The summed E-state index contributed by atoms with van der Waals surface area (Å²) in [5, 5.41) is 3.75. The SMILES string of the molecule is CC(C)(C)CC(NCC1CNNC1c1ccc(F)cc1)c1cccnc1. The molecule has 3 rings (SSSR count). The summed E-state index contributed by atoms with van der Waals surface area (Å²) < 4.78 is 13.2. The van der Waals surface area contributed by atoms with E-state index >= 15 is 0 Å². The summed E-state index contributed by atoms with van der Waals surface area (Å²) in [6, 6.07) is 11.3. The summed E-state index contributed by atoms with van der Waals surface area (Å²) >= 11 is 0. The zero-order valence-corrected chi connectivity index (χ0v) is 15.8. The molecule has 0 radical (unpaired) electrons. The van der Waals surface area contributed by atoms with Crippen LogP contribution in [0, 0.1) is 17.2 Å². The molecule has 0 bridgehead atoms. The number of rotatable bonds is 6. The minimum atomic E-state index is -0.198. The van der Waals surface area contributed by atoms with Crippen LogP contribution in [0.2, 0.25) is 0 Å². The Hall–Kier alpha value is -1.82. The fourth-order valence-electron chi connectivity index (χ4n) is 3.55. The van der Waals surface area contributed by atoms with Gasteiger partial charge in [0.1, 0.15) is 5.82 Å². The fourth-order valence-corrected chi connectivity index (χ4v) is 3.55. The number of halogens is 1. The van der Waals surface area contributed by atoms with Crippen molar-refractivity contribution < 1.29 is 4.39 Å². The van der Waals surface area contributed by atoms with Crippen molar-refractivity contribution in [3.63, 3.8) is 0 Å². The molecule has 3 atom stereocenters. The second kappa shape index (κ2) is 8.25. The summed E-state index contributed by atoms with van der Waals surface area (Å²) in [5.41, 5.74) is 9.13. The summed E-state index contributed by atoms with van der Waals surface area (Å²) in [7, 11) is 0. The van der Waals surface area contributed by atoms with Gasteiger partial charge in [0.15, 0.2) is 0 Å². The van der Waals surface area contributed by atoms with Gasteiger partial charge in [0.25, 0.3) is 0 Å². The lowest BCUT2D eigenvalue weighted by Gasteiger charge is -2.29. The van der Waals surface area contributed by atoms with E-state index in [1.807, 2.05) is 30.6 Å². The van der Waals surface area contributed by atoms with Crippen molar-refractivity contribution >= 4 is 0 Å². The minimum Gasteiger partial charge on any atom is -0.309 e. The van der Waals surface area contributed by atoms with Crippen LogP contribution < -0.4 is 16.2 Å². The molecule has 2 aromatic rings. The van der Waals surface area contributed by atoms with Crippen LogP contribution in [-0.4, -0.2) is 18.1 Å². The van der Waals surface area contributed by atoms with Crippen LogP contribution in [0.5, 0.6) is 0 Å². The van der Waals surface area contributed by atoms with E-state index in [0.29, 0.717) is 5.92 Å². The Balaban J connectivity index is 1.68. The molecule has 0 spiro atoms. The molecular weight excluding hydrogens is 327 g/mol. The molecule has 0 aliphatic carbocycles. The molecule has 5 heteroatoms. The Kier molecular flexibility index (Phi) is 6.01. The molecular formula is C21H29FN4. The number of hydrogen-bond donors (Lipinski definition) is 3. The highest BCUT2D eigenvalue weighted by atomic mass is 19.1. The average molecular weight is 356 g/mol. The number of nitrogens with zero attached hydrogens (tertiary/aromatic N) is 1. The van der Waals surface area contributed by atoms with Crippen molar-refractivity contribution in [3.05, 3.63) is 65.7 Å². The van der Waals surface area contributed by atoms with E-state index in [-0.39, 0.29) is 23.3 Å². The van der Waals surface area contributed by atoms with Crippen LogP contribution in [-0.2, 0) is 0 Å². The van der Waals surface area contributed by atoms with E-state index < -0.39 is 0 Å². The van der Waals surface area contributed by atoms with E-state index in [2.05, 4.69) is 48.0 Å². The second-order valence-corrected chi connectivity index (χ2v) is 8.33. The van der Waals surface area contributed by atoms with Crippen LogP contribution in [0.4, 0.5) is 4.39 Å². The highest BCUT2D eigenvalue weighted by molar-refractivity contribution is 5.22. The van der Waals surface area contributed by atoms with Gasteiger partial charge in [-0.1, -0.05) is 39.0 Å². The molecule has 1 aliphatic heterocycles. The van der Waals surface area contributed by atoms with E-state index in [1.54, 1.807) is 0 Å². The minimum absolute atomic E-state index is 0.173. The Labute approximate surface area is 155 Å². The Morgan fingerprint density at radius 3 is 2.65 bits per heavy atom. The van der Waals surface area contributed by atoms with Crippen LogP contribution in [0.25, 0.3) is 0 Å². The molecule has 26 heavy (non-hydrogen) atoms. The van der Waals surface area contributed by atoms with Crippen molar-refractivity contribution in [2.24, 2.45) is 11.3 Å². The van der Waals surface area contributed by atoms with Gasteiger partial charge in [-0.25, -0.2) is 9.82 Å². The van der Waals surface area contributed by atoms with Gasteiger partial charge in [-0.05, 0) is 41.2 Å². The van der Waals surface area contributed by atoms with Crippen LogP contribution in [0.3, 0.4) is 0 Å². The first-order valence-electron chi connectivity index (χ1n) is 9.29. The van der Waals surface area contributed by atoms with Crippen molar-refractivity contribution in [1.82, 2.24) is 21.2 Å². The third kappa shape index (κ3) is 5.10.